The maximum absolute atomic E-state index is 11.8. The number of hydrogen-bond acceptors (Lipinski definition) is 3. The number of carboxylic acid groups (broad SMARTS) is 1. The molecule has 0 unspecified atom stereocenters. The Labute approximate surface area is 84.4 Å². The zero-order valence-corrected chi connectivity index (χ0v) is 7.99. The molecule has 2 aromatic rings. The van der Waals surface area contributed by atoms with E-state index in [9.17, 15) is 9.59 Å². The average Bonchev–Trinajstić information content (AvgIpc) is 2.66. The van der Waals surface area contributed by atoms with Crippen LogP contribution in [0, 0.1) is 0 Å². The highest BCUT2D eigenvalue weighted by molar-refractivity contribution is 5.71. The number of aliphatic carboxylic acids is 1. The first-order valence-electron chi connectivity index (χ1n) is 4.38. The van der Waals surface area contributed by atoms with Crippen molar-refractivity contribution in [2.75, 3.05) is 0 Å². The Morgan fingerprint density at radius 1 is 1.60 bits per heavy atom. The van der Waals surface area contributed by atoms with Crippen molar-refractivity contribution in [1.29, 1.82) is 0 Å². The smallest absolute Gasteiger partial charge is 0.328 e. The predicted molar refractivity (Wildman–Crippen MR) is 51.8 cm³/mol. The van der Waals surface area contributed by atoms with E-state index in [1.54, 1.807) is 22.7 Å². The molecule has 2 aromatic heterocycles. The van der Waals surface area contributed by atoms with Crippen LogP contribution in [0.5, 0.6) is 0 Å². The van der Waals surface area contributed by atoms with E-state index in [1.807, 2.05) is 0 Å². The van der Waals surface area contributed by atoms with Crippen molar-refractivity contribution in [2.24, 2.45) is 0 Å². The molecule has 15 heavy (non-hydrogen) atoms. The first kappa shape index (κ1) is 9.45. The van der Waals surface area contributed by atoms with Gasteiger partial charge in [0.1, 0.15) is 11.8 Å². The van der Waals surface area contributed by atoms with Gasteiger partial charge in [0.2, 0.25) is 0 Å². The van der Waals surface area contributed by atoms with E-state index in [2.05, 4.69) is 5.10 Å². The average molecular weight is 207 g/mol. The third-order valence-corrected chi connectivity index (χ3v) is 2.23. The van der Waals surface area contributed by atoms with Gasteiger partial charge in [0.05, 0.1) is 0 Å². The molecule has 0 bridgehead atoms. The zero-order valence-electron chi connectivity index (χ0n) is 7.99. The first-order valence-corrected chi connectivity index (χ1v) is 4.38. The molecule has 78 valence electrons. The van der Waals surface area contributed by atoms with Gasteiger partial charge in [-0.3, -0.25) is 4.79 Å². The summed E-state index contributed by atoms with van der Waals surface area (Å²) >= 11 is 0. The number of hydrogen-bond donors (Lipinski definition) is 1. The minimum absolute atomic E-state index is 0.405. The molecular weight excluding hydrogens is 198 g/mol. The fourth-order valence-electron chi connectivity index (χ4n) is 1.34. The highest BCUT2D eigenvalue weighted by Crippen LogP contribution is 2.02. The quantitative estimate of drug-likeness (QED) is 0.760. The van der Waals surface area contributed by atoms with Gasteiger partial charge in [0, 0.05) is 6.20 Å². The molecule has 2 heterocycles. The fraction of sp³-hybridized carbons (Fsp3) is 0.222. The Kier molecular flexibility index (Phi) is 2.03. The van der Waals surface area contributed by atoms with Gasteiger partial charge in [-0.2, -0.15) is 5.10 Å². The molecule has 0 amide bonds. The van der Waals surface area contributed by atoms with Crippen LogP contribution in [-0.4, -0.2) is 25.3 Å². The second-order valence-electron chi connectivity index (χ2n) is 3.20. The maximum Gasteiger partial charge on any atom is 0.328 e. The molecule has 0 spiro atoms. The molecule has 0 saturated heterocycles. The summed E-state index contributed by atoms with van der Waals surface area (Å²) in [5.41, 5.74) is 0.00972. The van der Waals surface area contributed by atoms with E-state index in [1.165, 1.54) is 13.3 Å². The van der Waals surface area contributed by atoms with Gasteiger partial charge in [-0.25, -0.2) is 9.48 Å². The first-order chi connectivity index (χ1) is 7.11. The van der Waals surface area contributed by atoms with Crippen molar-refractivity contribution in [3.63, 3.8) is 0 Å². The lowest BCUT2D eigenvalue weighted by atomic mass is 10.3. The maximum atomic E-state index is 11.8. The number of nitrogens with zero attached hydrogens (tertiary/aromatic N) is 3. The van der Waals surface area contributed by atoms with Crippen molar-refractivity contribution in [3.05, 3.63) is 35.0 Å². The number of fused-ring (bicyclic) bond motifs is 1. The van der Waals surface area contributed by atoms with Crippen LogP contribution in [0.1, 0.15) is 13.0 Å². The minimum atomic E-state index is -1.08. The largest absolute Gasteiger partial charge is 0.480 e. The lowest BCUT2D eigenvalue weighted by Crippen LogP contribution is -2.31. The van der Waals surface area contributed by atoms with Crippen LogP contribution < -0.4 is 5.56 Å². The summed E-state index contributed by atoms with van der Waals surface area (Å²) in [6.07, 6.45) is 3.09. The minimum Gasteiger partial charge on any atom is -0.480 e. The van der Waals surface area contributed by atoms with E-state index < -0.39 is 17.6 Å². The Bertz CT molecular complexity index is 569. The Balaban J connectivity index is 2.67. The fourth-order valence-corrected chi connectivity index (χ4v) is 1.34. The highest BCUT2D eigenvalue weighted by atomic mass is 16.4. The second-order valence-corrected chi connectivity index (χ2v) is 3.20. The van der Waals surface area contributed by atoms with Crippen LogP contribution in [0.15, 0.2) is 29.5 Å². The van der Waals surface area contributed by atoms with Gasteiger partial charge in [0.15, 0.2) is 6.04 Å². The van der Waals surface area contributed by atoms with Gasteiger partial charge < -0.3 is 9.51 Å². The number of carboxylic acids is 1. The molecule has 0 radical (unpaired) electrons. The number of carbonyl (C=O) groups is 1. The zero-order chi connectivity index (χ0) is 11.0. The molecule has 0 aliphatic carbocycles. The summed E-state index contributed by atoms with van der Waals surface area (Å²) in [7, 11) is 0. The van der Waals surface area contributed by atoms with Gasteiger partial charge in [-0.05, 0) is 19.1 Å². The molecule has 2 rings (SSSR count). The summed E-state index contributed by atoms with van der Waals surface area (Å²) in [6.45, 7) is 1.41. The molecule has 0 fully saturated rings. The van der Waals surface area contributed by atoms with E-state index in [4.69, 9.17) is 5.11 Å². The highest BCUT2D eigenvalue weighted by Gasteiger charge is 2.16. The van der Waals surface area contributed by atoms with Crippen LogP contribution >= 0.6 is 0 Å². The van der Waals surface area contributed by atoms with Gasteiger partial charge in [-0.15, -0.1) is 0 Å². The van der Waals surface area contributed by atoms with Gasteiger partial charge in [0.25, 0.3) is 5.56 Å². The van der Waals surface area contributed by atoms with Crippen molar-refractivity contribution in [3.8, 4) is 0 Å². The third-order valence-electron chi connectivity index (χ3n) is 2.23. The van der Waals surface area contributed by atoms with Crippen molar-refractivity contribution >= 4 is 11.5 Å². The van der Waals surface area contributed by atoms with Crippen molar-refractivity contribution < 1.29 is 9.90 Å². The summed E-state index contributed by atoms with van der Waals surface area (Å²) in [6, 6.07) is 2.36. The Hall–Kier alpha value is -2.11. The van der Waals surface area contributed by atoms with E-state index in [0.29, 0.717) is 5.52 Å². The second kappa shape index (κ2) is 3.23. The topological polar surface area (TPSA) is 76.6 Å². The molecule has 0 aliphatic heterocycles. The third kappa shape index (κ3) is 1.39. The van der Waals surface area contributed by atoms with Crippen LogP contribution in [-0.2, 0) is 4.79 Å². The van der Waals surface area contributed by atoms with Crippen molar-refractivity contribution in [2.45, 2.75) is 13.0 Å². The van der Waals surface area contributed by atoms with E-state index in [-0.39, 0.29) is 0 Å². The monoisotopic (exact) mass is 207 g/mol. The molecule has 6 heteroatoms. The molecule has 1 N–H and O–H groups in total. The van der Waals surface area contributed by atoms with E-state index >= 15 is 0 Å². The lowest BCUT2D eigenvalue weighted by Gasteiger charge is -2.08. The SMILES string of the molecule is C[C@H](C(=O)O)n1ncn2cccc2c1=O. The predicted octanol–water partition coefficient (Wildman–Crippen LogP) is 0.142. The van der Waals surface area contributed by atoms with Crippen LogP contribution in [0.2, 0.25) is 0 Å². The molecule has 0 aliphatic rings. The van der Waals surface area contributed by atoms with Crippen LogP contribution in [0.25, 0.3) is 5.52 Å². The number of aromatic nitrogens is 3. The normalized spacial score (nSPS) is 12.9. The number of rotatable bonds is 2. The Morgan fingerprint density at radius 3 is 3.00 bits per heavy atom. The van der Waals surface area contributed by atoms with Gasteiger partial charge >= 0.3 is 5.97 Å². The summed E-state index contributed by atoms with van der Waals surface area (Å²) in [4.78, 5) is 22.5. The van der Waals surface area contributed by atoms with Crippen molar-refractivity contribution in [1.82, 2.24) is 14.2 Å². The van der Waals surface area contributed by atoms with E-state index in [0.717, 1.165) is 4.68 Å². The van der Waals surface area contributed by atoms with Crippen LogP contribution in [0.3, 0.4) is 0 Å². The molecule has 0 saturated carbocycles. The van der Waals surface area contributed by atoms with Crippen LogP contribution in [0.4, 0.5) is 0 Å². The molecular formula is C9H9N3O3. The lowest BCUT2D eigenvalue weighted by molar-refractivity contribution is -0.140. The summed E-state index contributed by atoms with van der Waals surface area (Å²) in [5.74, 6) is -1.08. The standard InChI is InChI=1S/C9H9N3O3/c1-6(9(14)15)12-8(13)7-3-2-4-11(7)5-10-12/h2-6H,1H3,(H,14,15)/t6-/m1/s1. The van der Waals surface area contributed by atoms with Gasteiger partial charge in [-0.1, -0.05) is 0 Å². The Morgan fingerprint density at radius 2 is 2.33 bits per heavy atom. The molecule has 0 aromatic carbocycles. The summed E-state index contributed by atoms with van der Waals surface area (Å²) in [5, 5.41) is 12.6. The molecule has 1 atom stereocenters. The summed E-state index contributed by atoms with van der Waals surface area (Å²) < 4.78 is 2.51. The molecule has 6 nitrogen and oxygen atoms in total.